The molecule has 1 aliphatic carbocycles. The quantitative estimate of drug-likeness (QED) is 0.839. The van der Waals surface area contributed by atoms with E-state index in [1.54, 1.807) is 0 Å². The van der Waals surface area contributed by atoms with Crippen LogP contribution in [0.1, 0.15) is 24.8 Å². The van der Waals surface area contributed by atoms with E-state index in [-0.39, 0.29) is 24.3 Å². The number of benzene rings is 1. The fourth-order valence-electron chi connectivity index (χ4n) is 2.53. The average Bonchev–Trinajstić information content (AvgIpc) is 2.93. The molecule has 5 heteroatoms. The Morgan fingerprint density at radius 2 is 2.00 bits per heavy atom. The highest BCUT2D eigenvalue weighted by Gasteiger charge is 2.33. The number of alkyl halides is 1. The van der Waals surface area contributed by atoms with Crippen molar-refractivity contribution in [2.75, 3.05) is 5.33 Å². The number of carbonyl (C=O) groups is 2. The Kier molecular flexibility index (Phi) is 5.59. The lowest BCUT2D eigenvalue weighted by molar-refractivity contribution is -0.120. The second-order valence-corrected chi connectivity index (χ2v) is 5.51. The molecule has 0 saturated heterocycles. The number of nitrogens with one attached hydrogen (secondary N) is 1. The van der Waals surface area contributed by atoms with Gasteiger partial charge < -0.3 is 10.1 Å². The van der Waals surface area contributed by atoms with E-state index in [9.17, 15) is 9.59 Å². The van der Waals surface area contributed by atoms with E-state index in [0.717, 1.165) is 24.8 Å². The molecule has 2 rings (SSSR count). The van der Waals surface area contributed by atoms with Crippen LogP contribution in [-0.4, -0.2) is 23.2 Å². The SMILES string of the molecule is O=C(NC1CCCC1C(=O)CBr)OCc1ccccc1. The highest BCUT2D eigenvalue weighted by molar-refractivity contribution is 9.09. The van der Waals surface area contributed by atoms with Crippen molar-refractivity contribution < 1.29 is 14.3 Å². The van der Waals surface area contributed by atoms with Gasteiger partial charge in [-0.15, -0.1) is 0 Å². The monoisotopic (exact) mass is 339 g/mol. The number of hydrogen-bond acceptors (Lipinski definition) is 3. The van der Waals surface area contributed by atoms with Crippen LogP contribution in [-0.2, 0) is 16.1 Å². The number of amides is 1. The molecule has 2 atom stereocenters. The zero-order chi connectivity index (χ0) is 14.4. The molecule has 1 saturated carbocycles. The van der Waals surface area contributed by atoms with E-state index in [1.165, 1.54) is 0 Å². The molecular formula is C15H18BrNO3. The molecule has 1 aromatic rings. The molecule has 1 aliphatic rings. The maximum atomic E-state index is 11.8. The summed E-state index contributed by atoms with van der Waals surface area (Å²) in [6.07, 6.45) is 2.19. The predicted molar refractivity (Wildman–Crippen MR) is 79.7 cm³/mol. The van der Waals surface area contributed by atoms with Crippen molar-refractivity contribution in [3.8, 4) is 0 Å². The minimum Gasteiger partial charge on any atom is -0.445 e. The minimum atomic E-state index is -0.451. The van der Waals surface area contributed by atoms with Crippen LogP contribution in [0.5, 0.6) is 0 Å². The average molecular weight is 340 g/mol. The molecule has 0 aromatic heterocycles. The third-order valence-corrected chi connectivity index (χ3v) is 4.13. The Balaban J connectivity index is 1.80. The molecule has 0 spiro atoms. The van der Waals surface area contributed by atoms with E-state index in [1.807, 2.05) is 30.3 Å². The van der Waals surface area contributed by atoms with Crippen molar-refractivity contribution in [1.82, 2.24) is 5.32 Å². The largest absolute Gasteiger partial charge is 0.445 e. The number of ether oxygens (including phenoxy) is 1. The second kappa shape index (κ2) is 7.43. The summed E-state index contributed by atoms with van der Waals surface area (Å²) in [7, 11) is 0. The van der Waals surface area contributed by atoms with Gasteiger partial charge in [0.1, 0.15) is 12.4 Å². The van der Waals surface area contributed by atoms with Gasteiger partial charge in [0.2, 0.25) is 0 Å². The zero-order valence-corrected chi connectivity index (χ0v) is 12.8. The van der Waals surface area contributed by atoms with Gasteiger partial charge in [-0.2, -0.15) is 0 Å². The van der Waals surface area contributed by atoms with Crippen molar-refractivity contribution in [2.24, 2.45) is 5.92 Å². The first-order valence-electron chi connectivity index (χ1n) is 6.76. The maximum absolute atomic E-state index is 11.8. The minimum absolute atomic E-state index is 0.0846. The predicted octanol–water partition coefficient (Wildman–Crippen LogP) is 3.05. The topological polar surface area (TPSA) is 55.4 Å². The fourth-order valence-corrected chi connectivity index (χ4v) is 2.95. The van der Waals surface area contributed by atoms with Crippen molar-refractivity contribution in [1.29, 1.82) is 0 Å². The van der Waals surface area contributed by atoms with Gasteiger partial charge in [0.15, 0.2) is 0 Å². The number of alkyl carbamates (subject to hydrolysis) is 1. The third-order valence-electron chi connectivity index (χ3n) is 3.58. The summed E-state index contributed by atoms with van der Waals surface area (Å²) in [5.74, 6) is 0.0644. The lowest BCUT2D eigenvalue weighted by Gasteiger charge is -2.19. The lowest BCUT2D eigenvalue weighted by Crippen LogP contribution is -2.40. The van der Waals surface area contributed by atoms with Crippen molar-refractivity contribution in [3.63, 3.8) is 0 Å². The van der Waals surface area contributed by atoms with Gasteiger partial charge in [0, 0.05) is 12.0 Å². The first kappa shape index (κ1) is 15.0. The molecule has 0 aliphatic heterocycles. The summed E-state index contributed by atoms with van der Waals surface area (Å²) in [6.45, 7) is 0.246. The van der Waals surface area contributed by atoms with Crippen molar-refractivity contribution in [3.05, 3.63) is 35.9 Å². The molecule has 4 nitrogen and oxygen atoms in total. The second-order valence-electron chi connectivity index (χ2n) is 4.95. The van der Waals surface area contributed by atoms with Crippen LogP contribution in [0.25, 0.3) is 0 Å². The van der Waals surface area contributed by atoms with Gasteiger partial charge in [-0.25, -0.2) is 4.79 Å². The van der Waals surface area contributed by atoms with Crippen LogP contribution < -0.4 is 5.32 Å². The van der Waals surface area contributed by atoms with E-state index in [0.29, 0.717) is 5.33 Å². The summed E-state index contributed by atoms with van der Waals surface area (Å²) in [4.78, 5) is 23.5. The zero-order valence-electron chi connectivity index (χ0n) is 11.2. The van der Waals surface area contributed by atoms with Gasteiger partial charge in [-0.1, -0.05) is 52.7 Å². The van der Waals surface area contributed by atoms with Crippen LogP contribution in [0.2, 0.25) is 0 Å². The Morgan fingerprint density at radius 1 is 1.25 bits per heavy atom. The van der Waals surface area contributed by atoms with Crippen LogP contribution in [0.15, 0.2) is 30.3 Å². The number of rotatable bonds is 5. The van der Waals surface area contributed by atoms with Gasteiger partial charge in [0.25, 0.3) is 0 Å². The standard InChI is InChI=1S/C15H18BrNO3/c16-9-14(18)12-7-4-8-13(12)17-15(19)20-10-11-5-2-1-3-6-11/h1-3,5-6,12-13H,4,7-10H2,(H,17,19). The van der Waals surface area contributed by atoms with Crippen LogP contribution in [0.4, 0.5) is 4.79 Å². The maximum Gasteiger partial charge on any atom is 0.407 e. The molecule has 1 aromatic carbocycles. The van der Waals surface area contributed by atoms with E-state index >= 15 is 0 Å². The van der Waals surface area contributed by atoms with Crippen molar-refractivity contribution in [2.45, 2.75) is 31.9 Å². The lowest BCUT2D eigenvalue weighted by atomic mass is 10.00. The molecule has 0 heterocycles. The Labute approximate surface area is 127 Å². The third kappa shape index (κ3) is 4.07. The molecule has 20 heavy (non-hydrogen) atoms. The summed E-state index contributed by atoms with van der Waals surface area (Å²) in [6, 6.07) is 9.43. The summed E-state index contributed by atoms with van der Waals surface area (Å²) >= 11 is 3.19. The number of hydrogen-bond donors (Lipinski definition) is 1. The smallest absolute Gasteiger partial charge is 0.407 e. The first-order chi connectivity index (χ1) is 9.70. The van der Waals surface area contributed by atoms with Crippen LogP contribution >= 0.6 is 15.9 Å². The summed E-state index contributed by atoms with van der Waals surface area (Å²) in [5.41, 5.74) is 0.946. The van der Waals surface area contributed by atoms with E-state index in [4.69, 9.17) is 4.74 Å². The summed E-state index contributed by atoms with van der Waals surface area (Å²) in [5, 5.41) is 3.15. The molecule has 0 bridgehead atoms. The van der Waals surface area contributed by atoms with Gasteiger partial charge in [-0.3, -0.25) is 4.79 Å². The molecule has 1 N–H and O–H groups in total. The van der Waals surface area contributed by atoms with E-state index < -0.39 is 6.09 Å². The van der Waals surface area contributed by atoms with Gasteiger partial charge >= 0.3 is 6.09 Å². The van der Waals surface area contributed by atoms with Gasteiger partial charge in [-0.05, 0) is 18.4 Å². The Bertz CT molecular complexity index is 463. The number of carbonyl (C=O) groups excluding carboxylic acids is 2. The molecular weight excluding hydrogens is 322 g/mol. The molecule has 1 fully saturated rings. The normalized spacial score (nSPS) is 21.4. The highest BCUT2D eigenvalue weighted by Crippen LogP contribution is 2.27. The van der Waals surface area contributed by atoms with Crippen LogP contribution in [0.3, 0.4) is 0 Å². The Morgan fingerprint density at radius 3 is 2.70 bits per heavy atom. The molecule has 1 amide bonds. The van der Waals surface area contributed by atoms with Crippen molar-refractivity contribution >= 4 is 27.8 Å². The van der Waals surface area contributed by atoms with Crippen LogP contribution in [0, 0.1) is 5.92 Å². The number of Topliss-reactive ketones (excluding diaryl/α,β-unsaturated/α-hetero) is 1. The first-order valence-corrected chi connectivity index (χ1v) is 7.88. The molecule has 2 unspecified atom stereocenters. The van der Waals surface area contributed by atoms with E-state index in [2.05, 4.69) is 21.2 Å². The highest BCUT2D eigenvalue weighted by atomic mass is 79.9. The fraction of sp³-hybridized carbons (Fsp3) is 0.467. The number of halogens is 1. The summed E-state index contributed by atoms with van der Waals surface area (Å²) < 4.78 is 5.18. The van der Waals surface area contributed by atoms with Gasteiger partial charge in [0.05, 0.1) is 5.33 Å². The Hall–Kier alpha value is -1.36. The molecule has 108 valence electrons. The number of ketones is 1. The molecule has 0 radical (unpaired) electrons.